The van der Waals surface area contributed by atoms with Gasteiger partial charge in [-0.1, -0.05) is 53.7 Å². The van der Waals surface area contributed by atoms with Gasteiger partial charge in [0.15, 0.2) is 5.16 Å². The first-order chi connectivity index (χ1) is 15.7. The summed E-state index contributed by atoms with van der Waals surface area (Å²) in [5.41, 5.74) is 3.19. The number of benzene rings is 2. The number of para-hydroxylation sites is 1. The molecule has 6 rings (SSSR count). The molecule has 0 radical (unpaired) electrons. The predicted octanol–water partition coefficient (Wildman–Crippen LogP) is 5.92. The lowest BCUT2D eigenvalue weighted by Crippen LogP contribution is -2.22. The van der Waals surface area contributed by atoms with Crippen LogP contribution in [-0.4, -0.2) is 19.2 Å². The largest absolute Gasteiger partial charge is 0.268 e. The zero-order valence-corrected chi connectivity index (χ0v) is 19.5. The lowest BCUT2D eigenvalue weighted by Gasteiger charge is -2.12. The van der Waals surface area contributed by atoms with Gasteiger partial charge in [0.05, 0.1) is 11.1 Å². The summed E-state index contributed by atoms with van der Waals surface area (Å²) in [6.45, 7) is 0. The van der Waals surface area contributed by atoms with E-state index in [-0.39, 0.29) is 5.56 Å². The number of aromatic nitrogens is 4. The fourth-order valence-corrected chi connectivity index (χ4v) is 6.80. The van der Waals surface area contributed by atoms with Gasteiger partial charge in [0.25, 0.3) is 5.56 Å². The van der Waals surface area contributed by atoms with Crippen LogP contribution in [0.1, 0.15) is 28.8 Å². The van der Waals surface area contributed by atoms with Crippen molar-refractivity contribution in [3.63, 3.8) is 0 Å². The SMILES string of the molecule is O=c1c2c3c(sc2n2c(SCc4ccc(Cl)cc4)nnc2n1-c1ccccc1)CCCC3. The van der Waals surface area contributed by atoms with E-state index >= 15 is 0 Å². The standard InChI is InChI=1S/C24H19ClN4OS2/c25-16-12-10-15(11-13-16)14-31-24-27-26-23-28(17-6-2-1-3-7-17)21(30)20-18-8-4-5-9-19(18)32-22(20)29(23)24/h1-3,6-7,10-13H,4-5,8-9,14H2. The van der Waals surface area contributed by atoms with Crippen molar-refractivity contribution in [2.24, 2.45) is 0 Å². The van der Waals surface area contributed by atoms with Crippen LogP contribution in [0, 0.1) is 0 Å². The third-order valence-corrected chi connectivity index (χ3v) is 8.41. The van der Waals surface area contributed by atoms with Crippen molar-refractivity contribution >= 4 is 50.7 Å². The quantitative estimate of drug-likeness (QED) is 0.301. The lowest BCUT2D eigenvalue weighted by atomic mass is 9.97. The topological polar surface area (TPSA) is 52.2 Å². The number of hydrogen-bond donors (Lipinski definition) is 0. The third-order valence-electron chi connectivity index (χ3n) is 5.88. The fraction of sp³-hybridized carbons (Fsp3) is 0.208. The fourth-order valence-electron chi connectivity index (χ4n) is 4.35. The summed E-state index contributed by atoms with van der Waals surface area (Å²) in [6, 6.07) is 17.6. The Morgan fingerprint density at radius 2 is 1.78 bits per heavy atom. The number of halogens is 1. The average Bonchev–Trinajstić information content (AvgIpc) is 3.41. The van der Waals surface area contributed by atoms with Gasteiger partial charge >= 0.3 is 0 Å². The molecule has 0 saturated carbocycles. The van der Waals surface area contributed by atoms with Crippen molar-refractivity contribution in [3.05, 3.63) is 86.0 Å². The molecular weight excluding hydrogens is 460 g/mol. The molecule has 0 aliphatic heterocycles. The van der Waals surface area contributed by atoms with Crippen LogP contribution < -0.4 is 5.56 Å². The number of aryl methyl sites for hydroxylation is 2. The monoisotopic (exact) mass is 478 g/mol. The molecule has 5 aromatic rings. The molecule has 0 spiro atoms. The van der Waals surface area contributed by atoms with E-state index < -0.39 is 0 Å². The van der Waals surface area contributed by atoms with Gasteiger partial charge < -0.3 is 0 Å². The highest BCUT2D eigenvalue weighted by Gasteiger charge is 2.25. The van der Waals surface area contributed by atoms with Crippen molar-refractivity contribution in [2.75, 3.05) is 0 Å². The van der Waals surface area contributed by atoms with E-state index in [1.54, 1.807) is 27.7 Å². The summed E-state index contributed by atoms with van der Waals surface area (Å²) >= 11 is 9.38. The van der Waals surface area contributed by atoms with E-state index in [0.717, 1.165) is 56.7 Å². The Labute approximate surface area is 197 Å². The Morgan fingerprint density at radius 1 is 1.00 bits per heavy atom. The number of nitrogens with zero attached hydrogens (tertiary/aromatic N) is 4. The van der Waals surface area contributed by atoms with Crippen LogP contribution in [0.4, 0.5) is 0 Å². The van der Waals surface area contributed by atoms with Gasteiger partial charge in [-0.25, -0.2) is 8.97 Å². The second-order valence-corrected chi connectivity index (χ2v) is 10.4. The van der Waals surface area contributed by atoms with E-state index in [4.69, 9.17) is 11.6 Å². The highest BCUT2D eigenvalue weighted by molar-refractivity contribution is 7.98. The minimum Gasteiger partial charge on any atom is -0.268 e. The van der Waals surface area contributed by atoms with Crippen LogP contribution in [0.15, 0.2) is 64.5 Å². The number of fused-ring (bicyclic) bond motifs is 5. The number of thiophene rings is 1. The van der Waals surface area contributed by atoms with Crippen molar-refractivity contribution < 1.29 is 0 Å². The molecule has 0 bridgehead atoms. The molecule has 2 aromatic carbocycles. The maximum atomic E-state index is 13.8. The van der Waals surface area contributed by atoms with Crippen LogP contribution in [0.3, 0.4) is 0 Å². The van der Waals surface area contributed by atoms with Gasteiger partial charge in [-0.05, 0) is 61.1 Å². The Balaban J connectivity index is 1.58. The minimum absolute atomic E-state index is 0.000230. The number of thioether (sulfide) groups is 1. The smallest absolute Gasteiger partial charge is 0.268 e. The Kier molecular flexibility index (Phi) is 5.05. The summed E-state index contributed by atoms with van der Waals surface area (Å²) in [6.07, 6.45) is 4.30. The second kappa shape index (κ2) is 8.06. The summed E-state index contributed by atoms with van der Waals surface area (Å²) in [5, 5.41) is 11.3. The Bertz CT molecular complexity index is 1500. The van der Waals surface area contributed by atoms with E-state index in [9.17, 15) is 4.79 Å². The molecule has 0 saturated heterocycles. The Hall–Kier alpha value is -2.61. The van der Waals surface area contributed by atoms with Gasteiger partial charge in [0, 0.05) is 15.7 Å². The molecule has 1 aliphatic carbocycles. The van der Waals surface area contributed by atoms with Crippen molar-refractivity contribution in [3.8, 4) is 5.69 Å². The number of hydrogen-bond acceptors (Lipinski definition) is 5. The van der Waals surface area contributed by atoms with Crippen LogP contribution in [0.5, 0.6) is 0 Å². The van der Waals surface area contributed by atoms with Gasteiger partial charge in [-0.15, -0.1) is 21.5 Å². The highest BCUT2D eigenvalue weighted by atomic mass is 35.5. The van der Waals surface area contributed by atoms with E-state index in [1.165, 1.54) is 16.9 Å². The van der Waals surface area contributed by atoms with Gasteiger partial charge in [0.2, 0.25) is 5.78 Å². The average molecular weight is 479 g/mol. The molecule has 1 aliphatic rings. The molecule has 32 heavy (non-hydrogen) atoms. The summed E-state index contributed by atoms with van der Waals surface area (Å²) in [4.78, 5) is 16.1. The highest BCUT2D eigenvalue weighted by Crippen LogP contribution is 2.37. The second-order valence-electron chi connectivity index (χ2n) is 7.90. The lowest BCUT2D eigenvalue weighted by molar-refractivity contribution is 0.699. The van der Waals surface area contributed by atoms with Crippen LogP contribution in [0.25, 0.3) is 21.7 Å². The molecule has 0 fully saturated rings. The maximum Gasteiger partial charge on any atom is 0.268 e. The first-order valence-electron chi connectivity index (χ1n) is 10.6. The molecule has 160 valence electrons. The normalized spacial score (nSPS) is 13.7. The number of rotatable bonds is 4. The first kappa shape index (κ1) is 20.0. The molecule has 5 nitrogen and oxygen atoms in total. The van der Waals surface area contributed by atoms with Crippen molar-refractivity contribution in [1.29, 1.82) is 0 Å². The molecule has 0 N–H and O–H groups in total. The van der Waals surface area contributed by atoms with Crippen molar-refractivity contribution in [1.82, 2.24) is 19.2 Å². The van der Waals surface area contributed by atoms with Crippen LogP contribution in [0.2, 0.25) is 5.02 Å². The maximum absolute atomic E-state index is 13.8. The molecule has 0 amide bonds. The molecule has 0 unspecified atom stereocenters. The van der Waals surface area contributed by atoms with Gasteiger partial charge in [0.1, 0.15) is 4.83 Å². The molecule has 0 atom stereocenters. The predicted molar refractivity (Wildman–Crippen MR) is 132 cm³/mol. The van der Waals surface area contributed by atoms with Crippen LogP contribution in [-0.2, 0) is 18.6 Å². The van der Waals surface area contributed by atoms with E-state index in [0.29, 0.717) is 5.78 Å². The Morgan fingerprint density at radius 3 is 2.59 bits per heavy atom. The van der Waals surface area contributed by atoms with Crippen LogP contribution >= 0.6 is 34.7 Å². The van der Waals surface area contributed by atoms with Crippen molar-refractivity contribution in [2.45, 2.75) is 36.6 Å². The zero-order valence-electron chi connectivity index (χ0n) is 17.1. The third kappa shape index (κ3) is 3.27. The molecule has 3 aromatic heterocycles. The van der Waals surface area contributed by atoms with E-state index in [1.807, 2.05) is 54.6 Å². The molecular formula is C24H19ClN4OS2. The zero-order chi connectivity index (χ0) is 21.7. The molecule has 8 heteroatoms. The first-order valence-corrected chi connectivity index (χ1v) is 12.8. The van der Waals surface area contributed by atoms with Gasteiger partial charge in [-0.2, -0.15) is 0 Å². The van der Waals surface area contributed by atoms with Gasteiger partial charge in [-0.3, -0.25) is 4.79 Å². The minimum atomic E-state index is -0.000230. The van der Waals surface area contributed by atoms with E-state index in [2.05, 4.69) is 14.6 Å². The molecule has 3 heterocycles. The summed E-state index contributed by atoms with van der Waals surface area (Å²) in [7, 11) is 0. The summed E-state index contributed by atoms with van der Waals surface area (Å²) < 4.78 is 3.79. The summed E-state index contributed by atoms with van der Waals surface area (Å²) in [5.74, 6) is 1.31.